The van der Waals surface area contributed by atoms with Crippen LogP contribution in [0, 0.1) is 35.5 Å². The summed E-state index contributed by atoms with van der Waals surface area (Å²) in [5, 5.41) is 0. The second-order valence-corrected chi connectivity index (χ2v) is 7.51. The van der Waals surface area contributed by atoms with Crippen molar-refractivity contribution in [1.29, 1.82) is 0 Å². The molecule has 0 amide bonds. The van der Waals surface area contributed by atoms with Crippen molar-refractivity contribution in [3.8, 4) is 0 Å². The van der Waals surface area contributed by atoms with Gasteiger partial charge >= 0.3 is 0 Å². The van der Waals surface area contributed by atoms with Crippen LogP contribution in [0.3, 0.4) is 0 Å². The van der Waals surface area contributed by atoms with E-state index in [1.54, 1.807) is 0 Å². The summed E-state index contributed by atoms with van der Waals surface area (Å²) in [6, 6.07) is 0. The van der Waals surface area contributed by atoms with Crippen LogP contribution in [-0.4, -0.2) is 15.7 Å². The molecule has 17 heavy (non-hydrogen) atoms. The molecule has 0 N–H and O–H groups in total. The molecule has 0 aromatic carbocycles. The fourth-order valence-electron chi connectivity index (χ4n) is 4.76. The average Bonchev–Trinajstić information content (AvgIpc) is 2.56. The fourth-order valence-corrected chi connectivity index (χ4v) is 4.76. The van der Waals surface area contributed by atoms with Crippen molar-refractivity contribution in [2.45, 2.75) is 58.6 Å². The first-order chi connectivity index (χ1) is 7.93. The lowest BCUT2D eigenvalue weighted by Gasteiger charge is -2.49. The zero-order valence-corrected chi connectivity index (χ0v) is 12.7. The first kappa shape index (κ1) is 13.6. The molecule has 8 unspecified atom stereocenters. The fraction of sp³-hybridized carbons (Fsp3) is 1.00. The van der Waals surface area contributed by atoms with Crippen LogP contribution < -0.4 is 0 Å². The largest absolute Gasteiger partial charge is 0.106 e. The Kier molecular flexibility index (Phi) is 4.00. The lowest BCUT2D eigenvalue weighted by atomic mass is 9.49. The minimum Gasteiger partial charge on any atom is -0.0667 e. The van der Waals surface area contributed by atoms with Gasteiger partial charge in [-0.05, 0) is 41.9 Å². The predicted molar refractivity (Wildman–Crippen MR) is 82.1 cm³/mol. The molecule has 2 aliphatic carbocycles. The molecule has 0 radical (unpaired) electrons. The van der Waals surface area contributed by atoms with Gasteiger partial charge in [-0.3, -0.25) is 0 Å². The SMILES string of the molecule is BC1CC(CCC2C(B)C(C)C2C)C(C)C1C. The van der Waals surface area contributed by atoms with E-state index in [-0.39, 0.29) is 0 Å². The van der Waals surface area contributed by atoms with E-state index in [2.05, 4.69) is 43.4 Å². The van der Waals surface area contributed by atoms with Crippen LogP contribution in [0.1, 0.15) is 47.0 Å². The molecule has 0 aromatic rings. The summed E-state index contributed by atoms with van der Waals surface area (Å²) in [4.78, 5) is 0. The van der Waals surface area contributed by atoms with Crippen LogP contribution in [0.2, 0.25) is 11.6 Å². The van der Waals surface area contributed by atoms with Crippen molar-refractivity contribution in [2.75, 3.05) is 0 Å². The van der Waals surface area contributed by atoms with Crippen molar-refractivity contribution in [3.05, 3.63) is 0 Å². The molecule has 0 heterocycles. The third kappa shape index (κ3) is 2.34. The molecule has 2 rings (SSSR count). The van der Waals surface area contributed by atoms with E-state index in [1.165, 1.54) is 19.3 Å². The molecular formula is C15H30B2. The Bertz CT molecular complexity index is 256. The standard InChI is InChI=1S/C15H30B2/c1-8-10(3)14(16)7-12(8)5-6-13-9(2)11(4)15(13)17/h8-15H,5-7,16-17H2,1-4H3. The van der Waals surface area contributed by atoms with Gasteiger partial charge in [-0.2, -0.15) is 0 Å². The Morgan fingerprint density at radius 3 is 1.94 bits per heavy atom. The van der Waals surface area contributed by atoms with Crippen LogP contribution >= 0.6 is 0 Å². The van der Waals surface area contributed by atoms with Crippen molar-refractivity contribution in [3.63, 3.8) is 0 Å². The highest BCUT2D eigenvalue weighted by Crippen LogP contribution is 2.52. The first-order valence-corrected chi connectivity index (χ1v) is 7.93. The quantitative estimate of drug-likeness (QED) is 0.656. The number of hydrogen-bond donors (Lipinski definition) is 0. The van der Waals surface area contributed by atoms with Gasteiger partial charge in [0, 0.05) is 0 Å². The Morgan fingerprint density at radius 2 is 1.47 bits per heavy atom. The van der Waals surface area contributed by atoms with Crippen LogP contribution in [-0.2, 0) is 0 Å². The molecule has 0 bridgehead atoms. The normalized spacial score (nSPS) is 54.6. The maximum atomic E-state index is 2.50. The van der Waals surface area contributed by atoms with E-state index >= 15 is 0 Å². The van der Waals surface area contributed by atoms with Gasteiger partial charge in [-0.25, -0.2) is 0 Å². The van der Waals surface area contributed by atoms with Crippen LogP contribution in [0.5, 0.6) is 0 Å². The third-order valence-corrected chi connectivity index (χ3v) is 7.03. The minimum atomic E-state index is 0.954. The summed E-state index contributed by atoms with van der Waals surface area (Å²) in [7, 11) is 4.93. The van der Waals surface area contributed by atoms with Crippen molar-refractivity contribution < 1.29 is 0 Å². The average molecular weight is 232 g/mol. The molecule has 2 heteroatoms. The highest BCUT2D eigenvalue weighted by molar-refractivity contribution is 6.12. The molecular weight excluding hydrogens is 202 g/mol. The van der Waals surface area contributed by atoms with E-state index < -0.39 is 0 Å². The second-order valence-electron chi connectivity index (χ2n) is 7.51. The molecule has 2 saturated carbocycles. The summed E-state index contributed by atoms with van der Waals surface area (Å²) in [5.74, 6) is 7.87. The molecule has 2 fully saturated rings. The Balaban J connectivity index is 1.80. The smallest absolute Gasteiger partial charge is 0.0667 e. The molecule has 96 valence electrons. The molecule has 0 spiro atoms. The summed E-state index contributed by atoms with van der Waals surface area (Å²) >= 11 is 0. The van der Waals surface area contributed by atoms with E-state index in [9.17, 15) is 0 Å². The second kappa shape index (κ2) is 5.02. The predicted octanol–water partition coefficient (Wildman–Crippen LogP) is 2.80. The summed E-state index contributed by atoms with van der Waals surface area (Å²) in [5.41, 5.74) is 0. The maximum absolute atomic E-state index is 2.50. The monoisotopic (exact) mass is 232 g/mol. The zero-order chi connectivity index (χ0) is 12.7. The Hall–Kier alpha value is 0.130. The Labute approximate surface area is 110 Å². The summed E-state index contributed by atoms with van der Waals surface area (Å²) in [6.07, 6.45) is 4.50. The van der Waals surface area contributed by atoms with E-state index in [0.717, 1.165) is 47.1 Å². The van der Waals surface area contributed by atoms with Gasteiger partial charge in [0.2, 0.25) is 0 Å². The molecule has 2 aliphatic rings. The van der Waals surface area contributed by atoms with Gasteiger partial charge in [0.25, 0.3) is 0 Å². The van der Waals surface area contributed by atoms with Gasteiger partial charge in [0.05, 0.1) is 0 Å². The van der Waals surface area contributed by atoms with Gasteiger partial charge in [-0.15, -0.1) is 0 Å². The molecule has 0 nitrogen and oxygen atoms in total. The molecule has 0 aliphatic heterocycles. The molecule has 0 aromatic heterocycles. The highest BCUT2D eigenvalue weighted by atomic mass is 14.5. The lowest BCUT2D eigenvalue weighted by Crippen LogP contribution is -2.39. The maximum Gasteiger partial charge on any atom is 0.106 e. The molecule has 0 saturated heterocycles. The van der Waals surface area contributed by atoms with E-state index in [4.69, 9.17) is 0 Å². The Morgan fingerprint density at radius 1 is 0.824 bits per heavy atom. The zero-order valence-electron chi connectivity index (χ0n) is 12.7. The van der Waals surface area contributed by atoms with Crippen LogP contribution in [0.25, 0.3) is 0 Å². The van der Waals surface area contributed by atoms with Crippen LogP contribution in [0.4, 0.5) is 0 Å². The molecule has 8 atom stereocenters. The van der Waals surface area contributed by atoms with Gasteiger partial charge in [0.1, 0.15) is 15.7 Å². The van der Waals surface area contributed by atoms with E-state index in [0.29, 0.717) is 0 Å². The minimum absolute atomic E-state index is 0.954. The van der Waals surface area contributed by atoms with Gasteiger partial charge < -0.3 is 0 Å². The van der Waals surface area contributed by atoms with Gasteiger partial charge in [-0.1, -0.05) is 52.2 Å². The van der Waals surface area contributed by atoms with Crippen molar-refractivity contribution in [1.82, 2.24) is 0 Å². The summed E-state index contributed by atoms with van der Waals surface area (Å²) < 4.78 is 0. The van der Waals surface area contributed by atoms with Crippen LogP contribution in [0.15, 0.2) is 0 Å². The van der Waals surface area contributed by atoms with Gasteiger partial charge in [0.15, 0.2) is 0 Å². The van der Waals surface area contributed by atoms with E-state index in [1.807, 2.05) is 0 Å². The summed E-state index contributed by atoms with van der Waals surface area (Å²) in [6.45, 7) is 9.87. The topological polar surface area (TPSA) is 0 Å². The lowest BCUT2D eigenvalue weighted by molar-refractivity contribution is 0.0878. The van der Waals surface area contributed by atoms with Crippen molar-refractivity contribution >= 4 is 15.7 Å². The highest BCUT2D eigenvalue weighted by Gasteiger charge is 2.42. The number of hydrogen-bond acceptors (Lipinski definition) is 0. The third-order valence-electron chi connectivity index (χ3n) is 7.03. The van der Waals surface area contributed by atoms with Crippen molar-refractivity contribution in [2.24, 2.45) is 35.5 Å². The number of rotatable bonds is 3. The first-order valence-electron chi connectivity index (χ1n) is 7.93.